The van der Waals surface area contributed by atoms with E-state index in [1.54, 1.807) is 14.0 Å². The SMILES string of the molecule is CCOC(=O)c1c(NC(=O)c2sc3cc(OC)ccc3c2Cl)sc2c1CCCC2. The monoisotopic (exact) mass is 449 g/mol. The number of amides is 1. The molecule has 152 valence electrons. The Morgan fingerprint density at radius 3 is 2.76 bits per heavy atom. The average Bonchev–Trinajstić information content (AvgIpc) is 3.25. The normalized spacial score (nSPS) is 13.2. The summed E-state index contributed by atoms with van der Waals surface area (Å²) in [6, 6.07) is 5.52. The van der Waals surface area contributed by atoms with Crippen molar-refractivity contribution in [1.82, 2.24) is 0 Å². The number of hydrogen-bond donors (Lipinski definition) is 1. The van der Waals surface area contributed by atoms with Gasteiger partial charge in [0.25, 0.3) is 5.91 Å². The number of carbonyl (C=O) groups excluding carboxylic acids is 2. The lowest BCUT2D eigenvalue weighted by atomic mass is 9.95. The van der Waals surface area contributed by atoms with E-state index in [0.29, 0.717) is 32.8 Å². The number of halogens is 1. The van der Waals surface area contributed by atoms with E-state index in [4.69, 9.17) is 21.1 Å². The summed E-state index contributed by atoms with van der Waals surface area (Å²) in [7, 11) is 1.60. The number of esters is 1. The molecule has 1 N–H and O–H groups in total. The van der Waals surface area contributed by atoms with Crippen molar-refractivity contribution in [1.29, 1.82) is 0 Å². The number of benzene rings is 1. The summed E-state index contributed by atoms with van der Waals surface area (Å²) in [5, 5.41) is 4.69. The largest absolute Gasteiger partial charge is 0.497 e. The van der Waals surface area contributed by atoms with Gasteiger partial charge in [0, 0.05) is 15.0 Å². The van der Waals surface area contributed by atoms with Crippen molar-refractivity contribution in [2.45, 2.75) is 32.6 Å². The van der Waals surface area contributed by atoms with E-state index < -0.39 is 0 Å². The van der Waals surface area contributed by atoms with Gasteiger partial charge in [-0.3, -0.25) is 4.79 Å². The summed E-state index contributed by atoms with van der Waals surface area (Å²) in [6.07, 6.45) is 3.88. The summed E-state index contributed by atoms with van der Waals surface area (Å²) >= 11 is 9.26. The molecule has 0 fully saturated rings. The van der Waals surface area contributed by atoms with E-state index >= 15 is 0 Å². The maximum Gasteiger partial charge on any atom is 0.341 e. The van der Waals surface area contributed by atoms with Crippen LogP contribution in [-0.4, -0.2) is 25.6 Å². The van der Waals surface area contributed by atoms with Crippen molar-refractivity contribution in [2.24, 2.45) is 0 Å². The Labute approximate surface area is 181 Å². The number of rotatable bonds is 5. The molecule has 0 bridgehead atoms. The van der Waals surface area contributed by atoms with E-state index in [1.165, 1.54) is 22.7 Å². The Balaban J connectivity index is 1.70. The number of aryl methyl sites for hydroxylation is 1. The molecule has 29 heavy (non-hydrogen) atoms. The van der Waals surface area contributed by atoms with Crippen LogP contribution in [0.2, 0.25) is 5.02 Å². The van der Waals surface area contributed by atoms with Gasteiger partial charge in [-0.1, -0.05) is 11.6 Å². The van der Waals surface area contributed by atoms with Gasteiger partial charge in [0.2, 0.25) is 0 Å². The molecule has 0 aliphatic heterocycles. The number of nitrogens with one attached hydrogen (secondary N) is 1. The molecule has 1 amide bonds. The fraction of sp³-hybridized carbons (Fsp3) is 0.333. The zero-order valence-electron chi connectivity index (χ0n) is 16.1. The standard InChI is InChI=1S/C21H20ClNO4S2/c1-3-27-21(25)16-12-6-4-5-7-14(12)29-20(16)23-19(24)18-17(22)13-9-8-11(26-2)10-15(13)28-18/h8-10H,3-7H2,1-2H3,(H,23,24). The number of ether oxygens (including phenoxy) is 2. The summed E-state index contributed by atoms with van der Waals surface area (Å²) in [4.78, 5) is 27.2. The van der Waals surface area contributed by atoms with E-state index in [2.05, 4.69) is 5.32 Å². The molecular formula is C21H20ClNO4S2. The minimum atomic E-state index is -0.380. The first-order valence-electron chi connectivity index (χ1n) is 9.42. The van der Waals surface area contributed by atoms with Crippen molar-refractivity contribution in [3.63, 3.8) is 0 Å². The van der Waals surface area contributed by atoms with Gasteiger partial charge in [-0.2, -0.15) is 0 Å². The van der Waals surface area contributed by atoms with E-state index in [-0.39, 0.29) is 11.9 Å². The molecule has 0 saturated carbocycles. The third-order valence-corrected chi connectivity index (χ3v) is 7.78. The van der Waals surface area contributed by atoms with Crippen LogP contribution in [0.1, 0.15) is 50.2 Å². The quantitative estimate of drug-likeness (QED) is 0.490. The molecule has 1 aliphatic carbocycles. The van der Waals surface area contributed by atoms with Crippen molar-refractivity contribution in [3.8, 4) is 5.75 Å². The van der Waals surface area contributed by atoms with Crippen LogP contribution >= 0.6 is 34.3 Å². The maximum absolute atomic E-state index is 13.0. The van der Waals surface area contributed by atoms with Crippen molar-refractivity contribution in [3.05, 3.63) is 44.1 Å². The Hall–Kier alpha value is -2.09. The van der Waals surface area contributed by atoms with Gasteiger partial charge < -0.3 is 14.8 Å². The molecule has 5 nitrogen and oxygen atoms in total. The van der Waals surface area contributed by atoms with Gasteiger partial charge in [0.05, 0.1) is 24.3 Å². The molecule has 8 heteroatoms. The summed E-state index contributed by atoms with van der Waals surface area (Å²) in [5.41, 5.74) is 1.51. The van der Waals surface area contributed by atoms with Gasteiger partial charge in [-0.15, -0.1) is 22.7 Å². The molecule has 0 atom stereocenters. The first-order chi connectivity index (χ1) is 14.0. The van der Waals surface area contributed by atoms with Crippen LogP contribution in [0.4, 0.5) is 5.00 Å². The second-order valence-electron chi connectivity index (χ2n) is 6.70. The molecule has 0 radical (unpaired) electrons. The highest BCUT2D eigenvalue weighted by molar-refractivity contribution is 7.22. The molecule has 2 heterocycles. The van der Waals surface area contributed by atoms with E-state index in [1.807, 2.05) is 18.2 Å². The molecule has 1 aromatic carbocycles. The van der Waals surface area contributed by atoms with Gasteiger partial charge in [0.1, 0.15) is 15.6 Å². The Kier molecular flexibility index (Phi) is 5.81. The van der Waals surface area contributed by atoms with E-state index in [9.17, 15) is 9.59 Å². The number of anilines is 1. The number of hydrogen-bond acceptors (Lipinski definition) is 6. The molecule has 1 aliphatic rings. The lowest BCUT2D eigenvalue weighted by Crippen LogP contribution is -2.15. The minimum Gasteiger partial charge on any atom is -0.497 e. The first kappa shape index (κ1) is 20.2. The summed E-state index contributed by atoms with van der Waals surface area (Å²) in [5.74, 6) is 0.00610. The fourth-order valence-corrected chi connectivity index (χ4v) is 6.26. The fourth-order valence-electron chi connectivity index (χ4n) is 3.55. The predicted octanol–water partition coefficient (Wildman–Crippen LogP) is 5.93. The van der Waals surface area contributed by atoms with Crippen molar-refractivity contribution < 1.29 is 19.1 Å². The second-order valence-corrected chi connectivity index (χ2v) is 9.23. The number of methoxy groups -OCH3 is 1. The highest BCUT2D eigenvalue weighted by Crippen LogP contribution is 2.41. The highest BCUT2D eigenvalue weighted by Gasteiger charge is 2.28. The minimum absolute atomic E-state index is 0.292. The van der Waals surface area contributed by atoms with Crippen LogP contribution in [0.3, 0.4) is 0 Å². The van der Waals surface area contributed by atoms with Crippen LogP contribution in [0.25, 0.3) is 10.1 Å². The molecule has 0 unspecified atom stereocenters. The Morgan fingerprint density at radius 1 is 1.21 bits per heavy atom. The van der Waals surface area contributed by atoms with Crippen molar-refractivity contribution in [2.75, 3.05) is 19.0 Å². The van der Waals surface area contributed by atoms with Gasteiger partial charge in [-0.05, 0) is 56.4 Å². The second kappa shape index (κ2) is 8.34. The molecular weight excluding hydrogens is 430 g/mol. The Bertz CT molecular complexity index is 1100. The number of carbonyl (C=O) groups is 2. The number of thiophene rings is 2. The van der Waals surface area contributed by atoms with Gasteiger partial charge in [0.15, 0.2) is 0 Å². The Morgan fingerprint density at radius 2 is 2.00 bits per heavy atom. The van der Waals surface area contributed by atoms with Crippen LogP contribution < -0.4 is 10.1 Å². The molecule has 0 spiro atoms. The van der Waals surface area contributed by atoms with Gasteiger partial charge >= 0.3 is 5.97 Å². The summed E-state index contributed by atoms with van der Waals surface area (Å²) < 4.78 is 11.4. The zero-order valence-corrected chi connectivity index (χ0v) is 18.5. The smallest absolute Gasteiger partial charge is 0.341 e. The number of fused-ring (bicyclic) bond motifs is 2. The lowest BCUT2D eigenvalue weighted by Gasteiger charge is -2.12. The highest BCUT2D eigenvalue weighted by atomic mass is 35.5. The van der Waals surface area contributed by atoms with Crippen LogP contribution in [0, 0.1) is 0 Å². The van der Waals surface area contributed by atoms with Crippen molar-refractivity contribution >= 4 is 61.2 Å². The van der Waals surface area contributed by atoms with Crippen LogP contribution in [0.15, 0.2) is 18.2 Å². The molecule has 2 aromatic heterocycles. The molecule has 3 aromatic rings. The maximum atomic E-state index is 13.0. The molecule has 4 rings (SSSR count). The molecule has 0 saturated heterocycles. The summed E-state index contributed by atoms with van der Waals surface area (Å²) in [6.45, 7) is 2.07. The van der Waals surface area contributed by atoms with Crippen LogP contribution in [-0.2, 0) is 17.6 Å². The van der Waals surface area contributed by atoms with Gasteiger partial charge in [-0.25, -0.2) is 4.79 Å². The third kappa shape index (κ3) is 3.74. The topological polar surface area (TPSA) is 64.6 Å². The predicted molar refractivity (Wildman–Crippen MR) is 118 cm³/mol. The lowest BCUT2D eigenvalue weighted by molar-refractivity contribution is 0.0526. The zero-order chi connectivity index (χ0) is 20.5. The third-order valence-electron chi connectivity index (χ3n) is 4.92. The average molecular weight is 450 g/mol. The van der Waals surface area contributed by atoms with Crippen LogP contribution in [0.5, 0.6) is 5.75 Å². The first-order valence-corrected chi connectivity index (χ1v) is 11.4. The van der Waals surface area contributed by atoms with E-state index in [0.717, 1.165) is 46.2 Å².